The van der Waals surface area contributed by atoms with E-state index in [9.17, 15) is 0 Å². The molecule has 0 bridgehead atoms. The van der Waals surface area contributed by atoms with E-state index in [0.29, 0.717) is 6.61 Å². The molecule has 2 rings (SSSR count). The van der Waals surface area contributed by atoms with Crippen molar-refractivity contribution in [2.24, 2.45) is 5.90 Å². The molecule has 0 spiro atoms. The highest BCUT2D eigenvalue weighted by Gasteiger charge is 2.45. The number of aryl methyl sites for hydroxylation is 1. The third-order valence-corrected chi connectivity index (χ3v) is 3.76. The van der Waals surface area contributed by atoms with Crippen molar-refractivity contribution in [3.63, 3.8) is 0 Å². The molecule has 0 saturated heterocycles. The van der Waals surface area contributed by atoms with Crippen molar-refractivity contribution in [2.75, 3.05) is 6.61 Å². The molecule has 1 saturated carbocycles. The van der Waals surface area contributed by atoms with E-state index in [1.54, 1.807) is 0 Å². The first-order valence-corrected chi connectivity index (χ1v) is 5.02. The lowest BCUT2D eigenvalue weighted by atomic mass is 10.1. The van der Waals surface area contributed by atoms with Crippen molar-refractivity contribution in [1.29, 1.82) is 0 Å². The van der Waals surface area contributed by atoms with Gasteiger partial charge in [-0.3, -0.25) is 0 Å². The molecule has 1 aliphatic rings. The van der Waals surface area contributed by atoms with E-state index in [0.717, 1.165) is 0 Å². The van der Waals surface area contributed by atoms with Crippen molar-refractivity contribution in [2.45, 2.75) is 25.2 Å². The number of thiophene rings is 1. The standard InChI is InChI=1S/C9H13NOS/c1-7-4-8(12-5-7)9(2-3-9)6-11-10/h4-5H,2-3,6,10H2,1H3. The lowest BCUT2D eigenvalue weighted by Crippen LogP contribution is -2.16. The van der Waals surface area contributed by atoms with Gasteiger partial charge in [0.1, 0.15) is 0 Å². The molecule has 1 heterocycles. The summed E-state index contributed by atoms with van der Waals surface area (Å²) in [6, 6.07) is 2.25. The molecule has 2 N–H and O–H groups in total. The van der Waals surface area contributed by atoms with E-state index in [-0.39, 0.29) is 5.41 Å². The van der Waals surface area contributed by atoms with E-state index < -0.39 is 0 Å². The molecule has 0 unspecified atom stereocenters. The van der Waals surface area contributed by atoms with Crippen LogP contribution in [-0.2, 0) is 10.3 Å². The Morgan fingerprint density at radius 2 is 2.42 bits per heavy atom. The topological polar surface area (TPSA) is 35.2 Å². The summed E-state index contributed by atoms with van der Waals surface area (Å²) >= 11 is 1.82. The van der Waals surface area contributed by atoms with Gasteiger partial charge in [-0.15, -0.1) is 11.3 Å². The van der Waals surface area contributed by atoms with Gasteiger partial charge in [0, 0.05) is 10.3 Å². The maximum absolute atomic E-state index is 5.10. The Hall–Kier alpha value is -0.380. The molecule has 1 aliphatic carbocycles. The van der Waals surface area contributed by atoms with Gasteiger partial charge in [0.25, 0.3) is 0 Å². The zero-order chi connectivity index (χ0) is 8.60. The zero-order valence-corrected chi connectivity index (χ0v) is 7.99. The maximum Gasteiger partial charge on any atom is 0.0783 e. The summed E-state index contributed by atoms with van der Waals surface area (Å²) in [6.07, 6.45) is 2.45. The zero-order valence-electron chi connectivity index (χ0n) is 7.17. The smallest absolute Gasteiger partial charge is 0.0783 e. The Morgan fingerprint density at radius 3 is 2.83 bits per heavy atom. The maximum atomic E-state index is 5.10. The van der Waals surface area contributed by atoms with Gasteiger partial charge in [0.15, 0.2) is 0 Å². The highest BCUT2D eigenvalue weighted by atomic mass is 32.1. The SMILES string of the molecule is Cc1csc(C2(CON)CC2)c1. The van der Waals surface area contributed by atoms with Crippen LogP contribution in [0.2, 0.25) is 0 Å². The number of hydrogen-bond acceptors (Lipinski definition) is 3. The van der Waals surface area contributed by atoms with Crippen LogP contribution in [0.25, 0.3) is 0 Å². The minimum absolute atomic E-state index is 0.285. The fourth-order valence-electron chi connectivity index (χ4n) is 1.48. The summed E-state index contributed by atoms with van der Waals surface area (Å²) in [7, 11) is 0. The summed E-state index contributed by atoms with van der Waals surface area (Å²) in [5.74, 6) is 5.10. The lowest BCUT2D eigenvalue weighted by Gasteiger charge is -2.09. The molecule has 1 fully saturated rings. The fourth-order valence-corrected chi connectivity index (χ4v) is 2.63. The van der Waals surface area contributed by atoms with Crippen LogP contribution in [0.3, 0.4) is 0 Å². The Morgan fingerprint density at radius 1 is 1.67 bits per heavy atom. The van der Waals surface area contributed by atoms with Crippen LogP contribution < -0.4 is 5.90 Å². The molecular weight excluding hydrogens is 170 g/mol. The van der Waals surface area contributed by atoms with E-state index in [1.807, 2.05) is 11.3 Å². The minimum atomic E-state index is 0.285. The monoisotopic (exact) mass is 183 g/mol. The molecule has 0 atom stereocenters. The van der Waals surface area contributed by atoms with Crippen LogP contribution in [-0.4, -0.2) is 6.61 Å². The van der Waals surface area contributed by atoms with E-state index in [1.165, 1.54) is 23.3 Å². The van der Waals surface area contributed by atoms with Crippen molar-refractivity contribution in [1.82, 2.24) is 0 Å². The quantitative estimate of drug-likeness (QED) is 0.727. The molecule has 1 aromatic rings. The van der Waals surface area contributed by atoms with Gasteiger partial charge < -0.3 is 4.84 Å². The van der Waals surface area contributed by atoms with Crippen molar-refractivity contribution in [3.8, 4) is 0 Å². The van der Waals surface area contributed by atoms with E-state index in [2.05, 4.69) is 18.4 Å². The van der Waals surface area contributed by atoms with Crippen LogP contribution in [0.4, 0.5) is 0 Å². The third-order valence-electron chi connectivity index (χ3n) is 2.47. The van der Waals surface area contributed by atoms with Crippen LogP contribution in [0.1, 0.15) is 23.3 Å². The molecule has 0 radical (unpaired) electrons. The van der Waals surface area contributed by atoms with E-state index >= 15 is 0 Å². The van der Waals surface area contributed by atoms with Gasteiger partial charge in [-0.2, -0.15) is 0 Å². The van der Waals surface area contributed by atoms with Crippen LogP contribution >= 0.6 is 11.3 Å². The number of rotatable bonds is 3. The van der Waals surface area contributed by atoms with Crippen LogP contribution in [0, 0.1) is 6.92 Å². The second-order valence-electron chi connectivity index (χ2n) is 3.58. The predicted octanol–water partition coefficient (Wildman–Crippen LogP) is 1.98. The van der Waals surface area contributed by atoms with Gasteiger partial charge in [-0.05, 0) is 36.8 Å². The summed E-state index contributed by atoms with van der Waals surface area (Å²) in [6.45, 7) is 2.80. The largest absolute Gasteiger partial charge is 0.304 e. The summed E-state index contributed by atoms with van der Waals surface area (Å²) < 4.78 is 0. The fraction of sp³-hybridized carbons (Fsp3) is 0.556. The summed E-state index contributed by atoms with van der Waals surface area (Å²) in [5, 5.41) is 2.19. The average molecular weight is 183 g/mol. The second kappa shape index (κ2) is 2.83. The number of nitrogens with two attached hydrogens (primary N) is 1. The molecule has 3 heteroatoms. The van der Waals surface area contributed by atoms with E-state index in [4.69, 9.17) is 10.7 Å². The molecule has 2 nitrogen and oxygen atoms in total. The van der Waals surface area contributed by atoms with Gasteiger partial charge in [0.05, 0.1) is 6.61 Å². The van der Waals surface area contributed by atoms with Crippen molar-refractivity contribution >= 4 is 11.3 Å². The first-order chi connectivity index (χ1) is 5.77. The highest BCUT2D eigenvalue weighted by molar-refractivity contribution is 7.10. The normalized spacial score (nSPS) is 19.5. The molecular formula is C9H13NOS. The van der Waals surface area contributed by atoms with Gasteiger partial charge in [-0.1, -0.05) is 0 Å². The second-order valence-corrected chi connectivity index (χ2v) is 4.49. The van der Waals surface area contributed by atoms with Gasteiger partial charge >= 0.3 is 0 Å². The molecule has 12 heavy (non-hydrogen) atoms. The molecule has 1 aromatic heterocycles. The van der Waals surface area contributed by atoms with Crippen LogP contribution in [0.15, 0.2) is 11.4 Å². The summed E-state index contributed by atoms with van der Waals surface area (Å²) in [4.78, 5) is 6.18. The Bertz CT molecular complexity index is 278. The number of hydrogen-bond donors (Lipinski definition) is 1. The molecule has 0 amide bonds. The average Bonchev–Trinajstić information content (AvgIpc) is 2.69. The molecule has 0 aliphatic heterocycles. The molecule has 66 valence electrons. The highest BCUT2D eigenvalue weighted by Crippen LogP contribution is 2.50. The lowest BCUT2D eigenvalue weighted by molar-refractivity contribution is 0.117. The summed E-state index contributed by atoms with van der Waals surface area (Å²) in [5.41, 5.74) is 1.63. The third kappa shape index (κ3) is 1.28. The van der Waals surface area contributed by atoms with Gasteiger partial charge in [0.2, 0.25) is 0 Å². The Labute approximate surface area is 76.3 Å². The van der Waals surface area contributed by atoms with Crippen molar-refractivity contribution in [3.05, 3.63) is 21.9 Å². The first-order valence-electron chi connectivity index (χ1n) is 4.14. The van der Waals surface area contributed by atoms with Gasteiger partial charge in [-0.25, -0.2) is 5.90 Å². The van der Waals surface area contributed by atoms with Crippen LogP contribution in [0.5, 0.6) is 0 Å². The Kier molecular flexibility index (Phi) is 1.94. The minimum Gasteiger partial charge on any atom is -0.304 e. The Balaban J connectivity index is 2.18. The first kappa shape index (κ1) is 8.23. The molecule has 0 aromatic carbocycles. The predicted molar refractivity (Wildman–Crippen MR) is 50.1 cm³/mol. The van der Waals surface area contributed by atoms with Crippen molar-refractivity contribution < 1.29 is 4.84 Å².